The van der Waals surface area contributed by atoms with Gasteiger partial charge in [-0.25, -0.2) is 9.59 Å². The van der Waals surface area contributed by atoms with Crippen LogP contribution >= 0.6 is 0 Å². The Bertz CT molecular complexity index is 1150. The molecule has 6 nitrogen and oxygen atoms in total. The Labute approximate surface area is 175 Å². The summed E-state index contributed by atoms with van der Waals surface area (Å²) in [4.78, 5) is 26.0. The van der Waals surface area contributed by atoms with Gasteiger partial charge >= 0.3 is 11.6 Å². The number of ether oxygens (including phenoxy) is 2. The first-order valence-corrected chi connectivity index (χ1v) is 10.3. The minimum Gasteiger partial charge on any atom is -0.472 e. The maximum absolute atomic E-state index is 12.0. The zero-order valence-corrected chi connectivity index (χ0v) is 17.5. The van der Waals surface area contributed by atoms with Crippen LogP contribution in [0.4, 0.5) is 5.69 Å². The largest absolute Gasteiger partial charge is 0.472 e. The van der Waals surface area contributed by atoms with E-state index in [-0.39, 0.29) is 11.6 Å². The van der Waals surface area contributed by atoms with Crippen LogP contribution in [0.3, 0.4) is 0 Å². The molecule has 156 valence electrons. The lowest BCUT2D eigenvalue weighted by molar-refractivity contribution is 0.0505. The number of carbonyl (C=O) groups excluding carboxylic acids is 1. The Hall–Kier alpha value is -3.28. The molecule has 2 heterocycles. The molecule has 2 aromatic carbocycles. The van der Waals surface area contributed by atoms with Crippen molar-refractivity contribution in [1.29, 1.82) is 0 Å². The molecule has 0 saturated carbocycles. The van der Waals surface area contributed by atoms with Crippen molar-refractivity contribution < 1.29 is 18.7 Å². The zero-order valence-electron chi connectivity index (χ0n) is 17.5. The van der Waals surface area contributed by atoms with Crippen molar-refractivity contribution in [2.24, 2.45) is 0 Å². The minimum absolute atomic E-state index is 0.306. The van der Waals surface area contributed by atoms with Gasteiger partial charge in [-0.15, -0.1) is 0 Å². The van der Waals surface area contributed by atoms with E-state index < -0.39 is 0 Å². The zero-order chi connectivity index (χ0) is 21.3. The summed E-state index contributed by atoms with van der Waals surface area (Å²) < 4.78 is 16.7. The van der Waals surface area contributed by atoms with Crippen LogP contribution in [-0.4, -0.2) is 19.3 Å². The minimum atomic E-state index is -0.336. The van der Waals surface area contributed by atoms with E-state index in [0.29, 0.717) is 31.0 Å². The number of hydrogen-bond acceptors (Lipinski definition) is 6. The molecule has 0 bridgehead atoms. The maximum Gasteiger partial charge on any atom is 0.338 e. The summed E-state index contributed by atoms with van der Waals surface area (Å²) in [5.41, 5.74) is 4.62. The van der Waals surface area contributed by atoms with Gasteiger partial charge < -0.3 is 18.8 Å². The molecule has 30 heavy (non-hydrogen) atoms. The molecule has 0 saturated heterocycles. The highest BCUT2D eigenvalue weighted by Gasteiger charge is 2.23. The summed E-state index contributed by atoms with van der Waals surface area (Å²) >= 11 is 0. The second-order valence-electron chi connectivity index (χ2n) is 7.46. The van der Waals surface area contributed by atoms with Gasteiger partial charge in [-0.05, 0) is 55.7 Å². The molecule has 0 spiro atoms. The van der Waals surface area contributed by atoms with Crippen molar-refractivity contribution in [3.63, 3.8) is 0 Å². The van der Waals surface area contributed by atoms with Crippen molar-refractivity contribution in [1.82, 2.24) is 0 Å². The molecule has 0 amide bonds. The molecular weight excluding hydrogens is 382 g/mol. The highest BCUT2D eigenvalue weighted by molar-refractivity contribution is 5.90. The van der Waals surface area contributed by atoms with Gasteiger partial charge in [-0.3, -0.25) is 0 Å². The average Bonchev–Trinajstić information content (AvgIpc) is 2.77. The topological polar surface area (TPSA) is 69.0 Å². The number of esters is 1. The lowest BCUT2D eigenvalue weighted by atomic mass is 9.99. The molecule has 1 aliphatic rings. The molecule has 1 aliphatic heterocycles. The fraction of sp³-hybridized carbons (Fsp3) is 0.333. The third-order valence-corrected chi connectivity index (χ3v) is 5.39. The van der Waals surface area contributed by atoms with E-state index in [0.717, 1.165) is 46.4 Å². The first-order chi connectivity index (χ1) is 14.5. The molecule has 4 rings (SSSR count). The number of nitrogens with zero attached hydrogens (tertiary/aromatic N) is 1. The van der Waals surface area contributed by atoms with Crippen molar-refractivity contribution in [2.75, 3.05) is 18.2 Å². The van der Waals surface area contributed by atoms with Crippen molar-refractivity contribution in [3.8, 4) is 5.75 Å². The summed E-state index contributed by atoms with van der Waals surface area (Å²) in [6.45, 7) is 7.37. The molecule has 0 radical (unpaired) electrons. The van der Waals surface area contributed by atoms with E-state index in [1.54, 1.807) is 18.2 Å². The molecule has 0 N–H and O–H groups in total. The summed E-state index contributed by atoms with van der Waals surface area (Å²) in [7, 11) is 0. The van der Waals surface area contributed by atoms with Gasteiger partial charge in [-0.1, -0.05) is 13.8 Å². The summed E-state index contributed by atoms with van der Waals surface area (Å²) in [6.07, 6.45) is 1.55. The maximum atomic E-state index is 12.0. The van der Waals surface area contributed by atoms with Crippen LogP contribution in [0.2, 0.25) is 0 Å². The first-order valence-electron chi connectivity index (χ1n) is 10.3. The standard InChI is InChI=1S/C24H25NO5/c1-4-10-28-24(27)17-6-8-19(9-7-17)25-13-18-11-20-16(5-2)12-21(26)30-23(20)15(3)22(18)29-14-25/h6-9,11-12H,4-5,10,13-14H2,1-3H3. The van der Waals surface area contributed by atoms with Crippen LogP contribution < -0.4 is 15.3 Å². The summed E-state index contributed by atoms with van der Waals surface area (Å²) in [5.74, 6) is 0.467. The van der Waals surface area contributed by atoms with E-state index in [1.165, 1.54) is 0 Å². The second kappa shape index (κ2) is 8.22. The van der Waals surface area contributed by atoms with Gasteiger partial charge in [0.1, 0.15) is 11.3 Å². The van der Waals surface area contributed by atoms with E-state index in [9.17, 15) is 9.59 Å². The van der Waals surface area contributed by atoms with Gasteiger partial charge in [-0.2, -0.15) is 0 Å². The molecule has 0 atom stereocenters. The van der Waals surface area contributed by atoms with E-state index >= 15 is 0 Å². The second-order valence-corrected chi connectivity index (χ2v) is 7.46. The molecule has 6 heteroatoms. The Kier molecular flexibility index (Phi) is 5.48. The van der Waals surface area contributed by atoms with Crippen molar-refractivity contribution >= 4 is 22.6 Å². The van der Waals surface area contributed by atoms with Crippen LogP contribution in [0.25, 0.3) is 11.0 Å². The van der Waals surface area contributed by atoms with E-state index in [1.807, 2.05) is 32.9 Å². The number of hydrogen-bond donors (Lipinski definition) is 0. The predicted octanol–water partition coefficient (Wildman–Crippen LogP) is 4.59. The van der Waals surface area contributed by atoms with Crippen LogP contribution in [-0.2, 0) is 17.7 Å². The highest BCUT2D eigenvalue weighted by Crippen LogP contribution is 2.37. The average molecular weight is 407 g/mol. The molecule has 0 fully saturated rings. The molecule has 1 aromatic heterocycles. The normalized spacial score (nSPS) is 13.1. The summed E-state index contributed by atoms with van der Waals surface area (Å²) in [6, 6.07) is 11.0. The number of benzene rings is 2. The van der Waals surface area contributed by atoms with Crippen molar-refractivity contribution in [2.45, 2.75) is 40.2 Å². The number of rotatable bonds is 5. The van der Waals surface area contributed by atoms with Crippen LogP contribution in [0.1, 0.15) is 47.3 Å². The smallest absolute Gasteiger partial charge is 0.338 e. The number of carbonyl (C=O) groups is 1. The van der Waals surface area contributed by atoms with Gasteiger partial charge in [0, 0.05) is 34.8 Å². The first kappa shape index (κ1) is 20.0. The lowest BCUT2D eigenvalue weighted by Crippen LogP contribution is -2.32. The van der Waals surface area contributed by atoms with Gasteiger partial charge in [0.15, 0.2) is 6.73 Å². The number of fused-ring (bicyclic) bond motifs is 2. The van der Waals surface area contributed by atoms with Gasteiger partial charge in [0.2, 0.25) is 0 Å². The van der Waals surface area contributed by atoms with Crippen molar-refractivity contribution in [3.05, 3.63) is 69.1 Å². The fourth-order valence-corrected chi connectivity index (χ4v) is 3.83. The Morgan fingerprint density at radius 2 is 1.93 bits per heavy atom. The quantitative estimate of drug-likeness (QED) is 0.455. The molecular formula is C24H25NO5. The Morgan fingerprint density at radius 1 is 1.17 bits per heavy atom. The van der Waals surface area contributed by atoms with Crippen LogP contribution in [0.5, 0.6) is 5.75 Å². The Morgan fingerprint density at radius 3 is 2.63 bits per heavy atom. The van der Waals surface area contributed by atoms with E-state index in [4.69, 9.17) is 13.9 Å². The number of aryl methyl sites for hydroxylation is 2. The number of anilines is 1. The van der Waals surface area contributed by atoms with Gasteiger partial charge in [0.25, 0.3) is 0 Å². The molecule has 3 aromatic rings. The monoisotopic (exact) mass is 407 g/mol. The molecule has 0 aliphatic carbocycles. The lowest BCUT2D eigenvalue weighted by Gasteiger charge is -2.32. The fourth-order valence-electron chi connectivity index (χ4n) is 3.83. The van der Waals surface area contributed by atoms with E-state index in [2.05, 4.69) is 11.0 Å². The third-order valence-electron chi connectivity index (χ3n) is 5.39. The summed E-state index contributed by atoms with van der Waals surface area (Å²) in [5, 5.41) is 0.952. The molecule has 0 unspecified atom stereocenters. The van der Waals surface area contributed by atoms with Gasteiger partial charge in [0.05, 0.1) is 12.2 Å². The third kappa shape index (κ3) is 3.65. The Balaban J connectivity index is 1.63. The highest BCUT2D eigenvalue weighted by atomic mass is 16.5. The SMILES string of the molecule is CCCOC(=O)c1ccc(N2COc3c(cc4c(CC)cc(=O)oc4c3C)C2)cc1. The van der Waals surface area contributed by atoms with Crippen LogP contribution in [0.15, 0.2) is 45.6 Å². The predicted molar refractivity (Wildman–Crippen MR) is 115 cm³/mol. The van der Waals surface area contributed by atoms with Crippen LogP contribution in [0, 0.1) is 6.92 Å².